The van der Waals surface area contributed by atoms with Crippen molar-refractivity contribution >= 4 is 17.3 Å². The largest absolute Gasteiger partial charge is 0.508 e. The van der Waals surface area contributed by atoms with E-state index in [1.165, 1.54) is 18.2 Å². The van der Waals surface area contributed by atoms with Crippen molar-refractivity contribution < 1.29 is 15.0 Å². The Kier molecular flexibility index (Phi) is 5.64. The van der Waals surface area contributed by atoms with Crippen LogP contribution in [-0.2, 0) is 0 Å². The van der Waals surface area contributed by atoms with Gasteiger partial charge < -0.3 is 10.2 Å². The summed E-state index contributed by atoms with van der Waals surface area (Å²) < 4.78 is 0. The summed E-state index contributed by atoms with van der Waals surface area (Å²) in [5.41, 5.74) is 1.55. The molecule has 3 aromatic rings. The van der Waals surface area contributed by atoms with Gasteiger partial charge in [0.05, 0.1) is 16.9 Å². The van der Waals surface area contributed by atoms with E-state index in [9.17, 15) is 9.90 Å². The Morgan fingerprint density at radius 2 is 1.41 bits per heavy atom. The molecule has 0 heterocycles. The van der Waals surface area contributed by atoms with E-state index >= 15 is 0 Å². The van der Waals surface area contributed by atoms with Gasteiger partial charge in [0, 0.05) is 5.56 Å². The van der Waals surface area contributed by atoms with Crippen LogP contribution in [0, 0.1) is 0 Å². The second-order valence-electron chi connectivity index (χ2n) is 5.55. The second-order valence-corrected chi connectivity index (χ2v) is 5.55. The van der Waals surface area contributed by atoms with Gasteiger partial charge in [0.25, 0.3) is 0 Å². The Labute approximate surface area is 155 Å². The van der Waals surface area contributed by atoms with Crippen molar-refractivity contribution in [2.24, 2.45) is 20.5 Å². The number of aromatic carboxylic acids is 1. The number of phenolic OH excluding ortho intramolecular Hbond substituents is 1. The van der Waals surface area contributed by atoms with Gasteiger partial charge in [-0.1, -0.05) is 42.5 Å². The van der Waals surface area contributed by atoms with Crippen molar-refractivity contribution in [1.82, 2.24) is 0 Å². The van der Waals surface area contributed by atoms with Crippen LogP contribution in [0.5, 0.6) is 5.75 Å². The minimum absolute atomic E-state index is 0.0211. The number of hydrogen-bond donors (Lipinski definition) is 2. The number of carboxylic acids is 1. The number of azo groups is 2. The predicted molar refractivity (Wildman–Crippen MR) is 99.7 cm³/mol. The van der Waals surface area contributed by atoms with Crippen LogP contribution in [0.25, 0.3) is 0 Å². The highest BCUT2D eigenvalue weighted by Crippen LogP contribution is 2.30. The number of phenols is 1. The van der Waals surface area contributed by atoms with Crippen LogP contribution < -0.4 is 0 Å². The van der Waals surface area contributed by atoms with Crippen LogP contribution in [-0.4, -0.2) is 16.2 Å². The number of para-hydroxylation sites is 1. The molecule has 3 rings (SSSR count). The molecule has 0 amide bonds. The molecule has 0 aliphatic heterocycles. The first-order valence-electron chi connectivity index (χ1n) is 8.11. The van der Waals surface area contributed by atoms with Gasteiger partial charge in [-0.15, -0.1) is 0 Å². The standard InChI is InChI=1S/C20H16N4O3/c25-18-12-5-4-11-17(18)19(23-21-15-8-2-1-3-9-15)24-22-16-10-6-7-14(13-16)20(26)27/h1-13,19,25H,(H,26,27). The zero-order valence-corrected chi connectivity index (χ0v) is 14.2. The number of hydrogen-bond acceptors (Lipinski definition) is 6. The lowest BCUT2D eigenvalue weighted by Gasteiger charge is -2.07. The van der Waals surface area contributed by atoms with Crippen LogP contribution in [0.4, 0.5) is 11.4 Å². The van der Waals surface area contributed by atoms with Gasteiger partial charge >= 0.3 is 5.97 Å². The van der Waals surface area contributed by atoms with Gasteiger partial charge in [-0.25, -0.2) is 4.79 Å². The van der Waals surface area contributed by atoms with Crippen molar-refractivity contribution in [2.75, 3.05) is 0 Å². The number of benzene rings is 3. The summed E-state index contributed by atoms with van der Waals surface area (Å²) in [6, 6.07) is 21.9. The summed E-state index contributed by atoms with van der Waals surface area (Å²) in [7, 11) is 0. The number of rotatable bonds is 6. The topological polar surface area (TPSA) is 107 Å². The summed E-state index contributed by atoms with van der Waals surface area (Å²) in [6.45, 7) is 0. The van der Waals surface area contributed by atoms with Gasteiger partial charge in [-0.2, -0.15) is 20.5 Å². The first kappa shape index (κ1) is 17.9. The Bertz CT molecular complexity index is 987. The maximum absolute atomic E-state index is 11.1. The summed E-state index contributed by atoms with van der Waals surface area (Å²) >= 11 is 0. The van der Waals surface area contributed by atoms with Crippen molar-refractivity contribution in [3.8, 4) is 5.75 Å². The molecule has 0 aliphatic carbocycles. The molecule has 7 heteroatoms. The van der Waals surface area contributed by atoms with Gasteiger partial charge in [0.2, 0.25) is 6.17 Å². The summed E-state index contributed by atoms with van der Waals surface area (Å²) in [4.78, 5) is 11.1. The van der Waals surface area contributed by atoms with E-state index in [-0.39, 0.29) is 11.3 Å². The fourth-order valence-corrected chi connectivity index (χ4v) is 2.29. The molecule has 0 aromatic heterocycles. The minimum atomic E-state index is -1.05. The normalized spacial score (nSPS) is 12.4. The van der Waals surface area contributed by atoms with Gasteiger partial charge in [0.1, 0.15) is 5.75 Å². The lowest BCUT2D eigenvalue weighted by atomic mass is 10.1. The zero-order chi connectivity index (χ0) is 19.1. The van der Waals surface area contributed by atoms with Crippen molar-refractivity contribution in [2.45, 2.75) is 6.17 Å². The number of aromatic hydroxyl groups is 1. The van der Waals surface area contributed by atoms with Crippen LogP contribution in [0.3, 0.4) is 0 Å². The average molecular weight is 360 g/mol. The molecule has 1 unspecified atom stereocenters. The van der Waals surface area contributed by atoms with Gasteiger partial charge in [0.15, 0.2) is 0 Å². The van der Waals surface area contributed by atoms with E-state index in [0.717, 1.165) is 0 Å². The summed E-state index contributed by atoms with van der Waals surface area (Å²) in [5.74, 6) is -1.03. The van der Waals surface area contributed by atoms with Gasteiger partial charge in [-0.3, -0.25) is 0 Å². The molecule has 0 aliphatic rings. The van der Waals surface area contributed by atoms with E-state index in [4.69, 9.17) is 5.11 Å². The highest BCUT2D eigenvalue weighted by molar-refractivity contribution is 5.88. The Balaban J connectivity index is 1.92. The Morgan fingerprint density at radius 3 is 2.11 bits per heavy atom. The van der Waals surface area contributed by atoms with Crippen molar-refractivity contribution in [3.05, 3.63) is 90.0 Å². The molecule has 134 valence electrons. The molecular weight excluding hydrogens is 344 g/mol. The molecule has 7 nitrogen and oxygen atoms in total. The van der Waals surface area contributed by atoms with E-state index in [0.29, 0.717) is 16.9 Å². The summed E-state index contributed by atoms with van der Waals surface area (Å²) in [6.07, 6.45) is -0.875. The maximum atomic E-state index is 11.1. The monoisotopic (exact) mass is 360 g/mol. The fraction of sp³-hybridized carbons (Fsp3) is 0.0500. The number of carboxylic acid groups (broad SMARTS) is 1. The van der Waals surface area contributed by atoms with E-state index in [2.05, 4.69) is 20.5 Å². The van der Waals surface area contributed by atoms with Crippen LogP contribution >= 0.6 is 0 Å². The molecule has 3 aromatic carbocycles. The third kappa shape index (κ3) is 4.82. The van der Waals surface area contributed by atoms with Crippen LogP contribution in [0.1, 0.15) is 22.1 Å². The summed E-state index contributed by atoms with van der Waals surface area (Å²) in [5, 5.41) is 35.7. The molecule has 0 fully saturated rings. The van der Waals surface area contributed by atoms with Crippen LogP contribution in [0.15, 0.2) is 99.3 Å². The van der Waals surface area contributed by atoms with Gasteiger partial charge in [-0.05, 0) is 36.4 Å². The SMILES string of the molecule is O=C(O)c1cccc(N=NC(N=Nc2ccccc2)c2ccccc2O)c1. The highest BCUT2D eigenvalue weighted by atomic mass is 16.4. The molecular formula is C20H16N4O3. The highest BCUT2D eigenvalue weighted by Gasteiger charge is 2.14. The quantitative estimate of drug-likeness (QED) is 0.554. The first-order valence-corrected chi connectivity index (χ1v) is 8.11. The Morgan fingerprint density at radius 1 is 0.778 bits per heavy atom. The molecule has 0 bridgehead atoms. The van der Waals surface area contributed by atoms with Crippen molar-refractivity contribution in [3.63, 3.8) is 0 Å². The molecule has 27 heavy (non-hydrogen) atoms. The lowest BCUT2D eigenvalue weighted by Crippen LogP contribution is -1.94. The first-order chi connectivity index (χ1) is 13.1. The average Bonchev–Trinajstić information content (AvgIpc) is 2.70. The minimum Gasteiger partial charge on any atom is -0.508 e. The van der Waals surface area contributed by atoms with E-state index in [1.807, 2.05) is 18.2 Å². The molecule has 0 radical (unpaired) electrons. The zero-order valence-electron chi connectivity index (χ0n) is 14.2. The molecule has 2 N–H and O–H groups in total. The predicted octanol–water partition coefficient (Wildman–Crippen LogP) is 5.66. The third-order valence-electron chi connectivity index (χ3n) is 3.63. The van der Waals surface area contributed by atoms with E-state index < -0.39 is 12.1 Å². The smallest absolute Gasteiger partial charge is 0.335 e. The fourth-order valence-electron chi connectivity index (χ4n) is 2.29. The maximum Gasteiger partial charge on any atom is 0.335 e. The van der Waals surface area contributed by atoms with Crippen LogP contribution in [0.2, 0.25) is 0 Å². The van der Waals surface area contributed by atoms with Crippen molar-refractivity contribution in [1.29, 1.82) is 0 Å². The number of nitrogens with zero attached hydrogens (tertiary/aromatic N) is 4. The number of carbonyl (C=O) groups is 1. The third-order valence-corrected chi connectivity index (χ3v) is 3.63. The molecule has 0 spiro atoms. The Hall–Kier alpha value is -3.87. The lowest BCUT2D eigenvalue weighted by molar-refractivity contribution is 0.0697. The molecule has 0 saturated carbocycles. The molecule has 0 saturated heterocycles. The van der Waals surface area contributed by atoms with E-state index in [1.54, 1.807) is 42.5 Å². The second kappa shape index (κ2) is 8.48. The molecule has 1 atom stereocenters.